The molecule has 0 aliphatic heterocycles. The van der Waals surface area contributed by atoms with Gasteiger partial charge in [0.15, 0.2) is 0 Å². The van der Waals surface area contributed by atoms with Crippen molar-refractivity contribution in [2.75, 3.05) is 26.3 Å². The normalized spacial score (nSPS) is 11.8. The third-order valence-corrected chi connectivity index (χ3v) is 2.09. The van der Waals surface area contributed by atoms with Crippen molar-refractivity contribution in [1.82, 2.24) is 5.32 Å². The summed E-state index contributed by atoms with van der Waals surface area (Å²) in [6.45, 7) is 1.04. The van der Waals surface area contributed by atoms with Crippen molar-refractivity contribution in [1.29, 1.82) is 5.26 Å². The highest BCUT2D eigenvalue weighted by Crippen LogP contribution is 2.11. The van der Waals surface area contributed by atoms with Gasteiger partial charge in [0.25, 0.3) is 0 Å². The molecule has 5 nitrogen and oxygen atoms in total. The molecule has 0 aliphatic rings. The second-order valence-corrected chi connectivity index (χ2v) is 3.53. The van der Waals surface area contributed by atoms with E-state index in [2.05, 4.69) is 5.32 Å². The number of aliphatic hydroxyl groups excluding tert-OH is 2. The highest BCUT2D eigenvalue weighted by molar-refractivity contribution is 5.34. The van der Waals surface area contributed by atoms with E-state index in [0.29, 0.717) is 24.4 Å². The molecule has 17 heavy (non-hydrogen) atoms. The number of rotatable bonds is 7. The zero-order valence-electron chi connectivity index (χ0n) is 9.47. The first-order chi connectivity index (χ1) is 8.26. The van der Waals surface area contributed by atoms with E-state index in [1.807, 2.05) is 6.07 Å². The molecule has 0 saturated carbocycles. The molecule has 3 N–H and O–H groups in total. The second-order valence-electron chi connectivity index (χ2n) is 3.53. The molecule has 1 rings (SSSR count). The van der Waals surface area contributed by atoms with E-state index in [1.165, 1.54) is 0 Å². The van der Waals surface area contributed by atoms with Crippen molar-refractivity contribution in [2.24, 2.45) is 0 Å². The number of nitriles is 1. The van der Waals surface area contributed by atoms with E-state index in [0.717, 1.165) is 0 Å². The smallest absolute Gasteiger partial charge is 0.119 e. The van der Waals surface area contributed by atoms with Crippen molar-refractivity contribution in [3.63, 3.8) is 0 Å². The fourth-order valence-corrected chi connectivity index (χ4v) is 1.22. The molecule has 0 fully saturated rings. The summed E-state index contributed by atoms with van der Waals surface area (Å²) in [5, 5.41) is 29.5. The average Bonchev–Trinajstić information content (AvgIpc) is 2.37. The molecule has 1 aromatic carbocycles. The molecular formula is C12H16N2O3. The lowest BCUT2D eigenvalue weighted by atomic mass is 10.2. The number of hydrogen-bond acceptors (Lipinski definition) is 5. The summed E-state index contributed by atoms with van der Waals surface area (Å²) in [5.74, 6) is 0.616. The van der Waals surface area contributed by atoms with Crippen LogP contribution in [0.2, 0.25) is 0 Å². The summed E-state index contributed by atoms with van der Waals surface area (Å²) in [7, 11) is 0. The van der Waals surface area contributed by atoms with E-state index >= 15 is 0 Å². The Kier molecular flexibility index (Phi) is 6.04. The largest absolute Gasteiger partial charge is 0.491 e. The van der Waals surface area contributed by atoms with Crippen LogP contribution in [0.3, 0.4) is 0 Å². The maximum atomic E-state index is 9.52. The molecule has 92 valence electrons. The zero-order valence-corrected chi connectivity index (χ0v) is 9.47. The van der Waals surface area contributed by atoms with Crippen molar-refractivity contribution in [3.05, 3.63) is 29.8 Å². The minimum Gasteiger partial charge on any atom is -0.491 e. The minimum atomic E-state index is -0.628. The fourth-order valence-electron chi connectivity index (χ4n) is 1.22. The summed E-state index contributed by atoms with van der Waals surface area (Å²) < 4.78 is 5.34. The molecule has 0 aromatic heterocycles. The van der Waals surface area contributed by atoms with E-state index < -0.39 is 6.10 Å². The summed E-state index contributed by atoms with van der Waals surface area (Å²) in [6.07, 6.45) is -0.628. The maximum absolute atomic E-state index is 9.52. The fraction of sp³-hybridized carbons (Fsp3) is 0.417. The number of hydrogen-bond donors (Lipinski definition) is 3. The number of benzene rings is 1. The second kappa shape index (κ2) is 7.63. The molecular weight excluding hydrogens is 220 g/mol. The first-order valence-electron chi connectivity index (χ1n) is 5.39. The van der Waals surface area contributed by atoms with Crippen LogP contribution in [-0.2, 0) is 0 Å². The Hall–Kier alpha value is -1.61. The van der Waals surface area contributed by atoms with Gasteiger partial charge in [0.05, 0.1) is 18.2 Å². The zero-order chi connectivity index (χ0) is 12.5. The summed E-state index contributed by atoms with van der Waals surface area (Å²) in [5.41, 5.74) is 0.572. The van der Waals surface area contributed by atoms with Gasteiger partial charge < -0.3 is 20.3 Å². The Labute approximate surface area is 100 Å². The summed E-state index contributed by atoms with van der Waals surface area (Å²) in [6, 6.07) is 8.71. The molecule has 5 heteroatoms. The Morgan fingerprint density at radius 2 is 2.06 bits per heavy atom. The molecule has 0 heterocycles. The standard InChI is InChI=1S/C12H16N2O3/c13-7-10-1-3-12(4-2-10)17-9-11(16)8-14-5-6-15/h1-4,11,14-16H,5-6,8-9H2/t11-/m1/s1. The Balaban J connectivity index is 2.27. The molecule has 0 amide bonds. The molecule has 0 bridgehead atoms. The molecule has 0 saturated heterocycles. The highest BCUT2D eigenvalue weighted by Gasteiger charge is 2.04. The monoisotopic (exact) mass is 236 g/mol. The van der Waals surface area contributed by atoms with Gasteiger partial charge in [0, 0.05) is 13.1 Å². The van der Waals surface area contributed by atoms with Gasteiger partial charge in [-0.1, -0.05) is 0 Å². The van der Waals surface area contributed by atoms with Crippen LogP contribution < -0.4 is 10.1 Å². The van der Waals surface area contributed by atoms with Gasteiger partial charge in [-0.15, -0.1) is 0 Å². The number of nitrogens with one attached hydrogen (secondary N) is 1. The van der Waals surface area contributed by atoms with Crippen LogP contribution in [0, 0.1) is 11.3 Å². The van der Waals surface area contributed by atoms with Gasteiger partial charge in [-0.05, 0) is 24.3 Å². The molecule has 0 radical (unpaired) electrons. The average molecular weight is 236 g/mol. The predicted molar refractivity (Wildman–Crippen MR) is 62.6 cm³/mol. The maximum Gasteiger partial charge on any atom is 0.119 e. The highest BCUT2D eigenvalue weighted by atomic mass is 16.5. The van der Waals surface area contributed by atoms with Gasteiger partial charge >= 0.3 is 0 Å². The Bertz CT molecular complexity index is 359. The Morgan fingerprint density at radius 1 is 1.35 bits per heavy atom. The SMILES string of the molecule is N#Cc1ccc(OC[C@H](O)CNCCO)cc1. The third-order valence-electron chi connectivity index (χ3n) is 2.09. The van der Waals surface area contributed by atoms with Gasteiger partial charge in [-0.2, -0.15) is 5.26 Å². The van der Waals surface area contributed by atoms with Crippen LogP contribution in [-0.4, -0.2) is 42.6 Å². The minimum absolute atomic E-state index is 0.0448. The van der Waals surface area contributed by atoms with Crippen molar-refractivity contribution in [2.45, 2.75) is 6.10 Å². The van der Waals surface area contributed by atoms with Crippen LogP contribution in [0.15, 0.2) is 24.3 Å². The van der Waals surface area contributed by atoms with Gasteiger partial charge in [0.2, 0.25) is 0 Å². The lowest BCUT2D eigenvalue weighted by molar-refractivity contribution is 0.105. The van der Waals surface area contributed by atoms with Gasteiger partial charge in [-0.25, -0.2) is 0 Å². The quantitative estimate of drug-likeness (QED) is 0.575. The van der Waals surface area contributed by atoms with Crippen LogP contribution in [0.1, 0.15) is 5.56 Å². The van der Waals surface area contributed by atoms with E-state index in [1.54, 1.807) is 24.3 Å². The molecule has 1 atom stereocenters. The summed E-state index contributed by atoms with van der Waals surface area (Å²) >= 11 is 0. The van der Waals surface area contributed by atoms with Crippen molar-refractivity contribution in [3.8, 4) is 11.8 Å². The first kappa shape index (κ1) is 13.5. The van der Waals surface area contributed by atoms with Crippen LogP contribution >= 0.6 is 0 Å². The lowest BCUT2D eigenvalue weighted by Gasteiger charge is -2.12. The van der Waals surface area contributed by atoms with Crippen molar-refractivity contribution >= 4 is 0 Å². The third kappa shape index (κ3) is 5.31. The van der Waals surface area contributed by atoms with Crippen LogP contribution in [0.5, 0.6) is 5.75 Å². The Morgan fingerprint density at radius 3 is 2.65 bits per heavy atom. The first-order valence-corrected chi connectivity index (χ1v) is 5.39. The van der Waals surface area contributed by atoms with E-state index in [4.69, 9.17) is 15.1 Å². The molecule has 0 unspecified atom stereocenters. The number of nitrogens with zero attached hydrogens (tertiary/aromatic N) is 1. The predicted octanol–water partition coefficient (Wildman–Crippen LogP) is -0.120. The molecule has 1 aromatic rings. The van der Waals surface area contributed by atoms with Crippen molar-refractivity contribution < 1.29 is 14.9 Å². The van der Waals surface area contributed by atoms with Crippen LogP contribution in [0.4, 0.5) is 0 Å². The van der Waals surface area contributed by atoms with E-state index in [-0.39, 0.29) is 13.2 Å². The van der Waals surface area contributed by atoms with E-state index in [9.17, 15) is 5.11 Å². The number of aliphatic hydroxyl groups is 2. The van der Waals surface area contributed by atoms with Gasteiger partial charge in [-0.3, -0.25) is 0 Å². The molecule has 0 aliphatic carbocycles. The van der Waals surface area contributed by atoms with Crippen LogP contribution in [0.25, 0.3) is 0 Å². The number of ether oxygens (including phenoxy) is 1. The van der Waals surface area contributed by atoms with Gasteiger partial charge in [0.1, 0.15) is 18.5 Å². The summed E-state index contributed by atoms with van der Waals surface area (Å²) in [4.78, 5) is 0. The topological polar surface area (TPSA) is 85.5 Å². The lowest BCUT2D eigenvalue weighted by Crippen LogP contribution is -2.32. The molecule has 0 spiro atoms.